The van der Waals surface area contributed by atoms with E-state index in [9.17, 15) is 0 Å². The molecule has 0 bridgehead atoms. The SMILES string of the molecule is CC(C)c1nccn1Cc1cccc(CN)c1. The molecular weight excluding hydrogens is 210 g/mol. The monoisotopic (exact) mass is 229 g/mol. The van der Waals surface area contributed by atoms with Crippen molar-refractivity contribution in [1.82, 2.24) is 9.55 Å². The summed E-state index contributed by atoms with van der Waals surface area (Å²) in [7, 11) is 0. The van der Waals surface area contributed by atoms with E-state index in [2.05, 4.69) is 47.7 Å². The number of imidazole rings is 1. The van der Waals surface area contributed by atoms with Crippen LogP contribution in [0.1, 0.15) is 36.7 Å². The molecule has 0 spiro atoms. The Morgan fingerprint density at radius 2 is 2.06 bits per heavy atom. The molecule has 0 fully saturated rings. The lowest BCUT2D eigenvalue weighted by Gasteiger charge is -2.11. The molecule has 0 atom stereocenters. The molecule has 0 saturated heterocycles. The molecule has 0 aliphatic heterocycles. The summed E-state index contributed by atoms with van der Waals surface area (Å²) in [5, 5.41) is 0. The van der Waals surface area contributed by atoms with E-state index >= 15 is 0 Å². The van der Waals surface area contributed by atoms with Crippen LogP contribution in [-0.2, 0) is 13.1 Å². The molecule has 0 aliphatic rings. The Kier molecular flexibility index (Phi) is 3.59. The predicted octanol–water partition coefficient (Wildman–Crippen LogP) is 2.51. The fourth-order valence-corrected chi connectivity index (χ4v) is 2.01. The van der Waals surface area contributed by atoms with Crippen LogP contribution in [0.25, 0.3) is 0 Å². The van der Waals surface area contributed by atoms with E-state index in [1.54, 1.807) is 0 Å². The molecule has 0 amide bonds. The van der Waals surface area contributed by atoms with Crippen molar-refractivity contribution in [1.29, 1.82) is 0 Å². The molecule has 2 aromatic rings. The maximum absolute atomic E-state index is 5.65. The zero-order valence-electron chi connectivity index (χ0n) is 10.4. The molecule has 0 unspecified atom stereocenters. The molecule has 90 valence electrons. The second-order valence-electron chi connectivity index (χ2n) is 4.59. The van der Waals surface area contributed by atoms with Gasteiger partial charge in [-0.2, -0.15) is 0 Å². The first-order chi connectivity index (χ1) is 8.20. The average molecular weight is 229 g/mol. The Bertz CT molecular complexity index is 486. The molecule has 1 heterocycles. The lowest BCUT2D eigenvalue weighted by atomic mass is 10.1. The predicted molar refractivity (Wildman–Crippen MR) is 69.8 cm³/mol. The number of nitrogens with zero attached hydrogens (tertiary/aromatic N) is 2. The van der Waals surface area contributed by atoms with Gasteiger partial charge in [0, 0.05) is 31.4 Å². The number of hydrogen-bond acceptors (Lipinski definition) is 2. The smallest absolute Gasteiger partial charge is 0.111 e. The minimum absolute atomic E-state index is 0.447. The van der Waals surface area contributed by atoms with Crippen LogP contribution in [0.3, 0.4) is 0 Å². The molecule has 3 nitrogen and oxygen atoms in total. The Morgan fingerprint density at radius 1 is 1.29 bits per heavy atom. The van der Waals surface area contributed by atoms with Crippen molar-refractivity contribution < 1.29 is 0 Å². The average Bonchev–Trinajstić information content (AvgIpc) is 2.77. The minimum atomic E-state index is 0.447. The van der Waals surface area contributed by atoms with Gasteiger partial charge in [-0.05, 0) is 11.1 Å². The lowest BCUT2D eigenvalue weighted by molar-refractivity contribution is 0.669. The van der Waals surface area contributed by atoms with E-state index < -0.39 is 0 Å². The molecule has 1 aromatic carbocycles. The van der Waals surface area contributed by atoms with Crippen LogP contribution < -0.4 is 5.73 Å². The summed E-state index contributed by atoms with van der Waals surface area (Å²) in [6.07, 6.45) is 3.90. The molecule has 1 aromatic heterocycles. The first-order valence-electron chi connectivity index (χ1n) is 5.99. The maximum atomic E-state index is 5.65. The second kappa shape index (κ2) is 5.15. The fraction of sp³-hybridized carbons (Fsp3) is 0.357. The van der Waals surface area contributed by atoms with E-state index in [0.717, 1.165) is 12.4 Å². The molecule has 17 heavy (non-hydrogen) atoms. The van der Waals surface area contributed by atoms with Crippen LogP contribution in [0.5, 0.6) is 0 Å². The standard InChI is InChI=1S/C14H19N3/c1-11(2)14-16-6-7-17(14)10-13-5-3-4-12(8-13)9-15/h3-8,11H,9-10,15H2,1-2H3. The first kappa shape index (κ1) is 11.9. The number of rotatable bonds is 4. The third-order valence-electron chi connectivity index (χ3n) is 2.84. The normalized spacial score (nSPS) is 11.1. The van der Waals surface area contributed by atoms with Crippen LogP contribution in [-0.4, -0.2) is 9.55 Å². The van der Waals surface area contributed by atoms with Gasteiger partial charge in [-0.15, -0.1) is 0 Å². The Morgan fingerprint density at radius 3 is 2.76 bits per heavy atom. The largest absolute Gasteiger partial charge is 0.330 e. The topological polar surface area (TPSA) is 43.8 Å². The van der Waals surface area contributed by atoms with Gasteiger partial charge in [0.2, 0.25) is 0 Å². The number of benzene rings is 1. The zero-order chi connectivity index (χ0) is 12.3. The van der Waals surface area contributed by atoms with Crippen LogP contribution in [0.4, 0.5) is 0 Å². The van der Waals surface area contributed by atoms with E-state index in [0.29, 0.717) is 12.5 Å². The number of aromatic nitrogens is 2. The van der Waals surface area contributed by atoms with E-state index in [-0.39, 0.29) is 0 Å². The molecule has 2 rings (SSSR count). The number of hydrogen-bond donors (Lipinski definition) is 1. The Balaban J connectivity index is 2.22. The van der Waals surface area contributed by atoms with Crippen molar-refractivity contribution in [3.8, 4) is 0 Å². The van der Waals surface area contributed by atoms with Crippen molar-refractivity contribution in [2.75, 3.05) is 0 Å². The van der Waals surface area contributed by atoms with Crippen LogP contribution in [0.15, 0.2) is 36.7 Å². The van der Waals surface area contributed by atoms with Gasteiger partial charge in [-0.25, -0.2) is 4.98 Å². The zero-order valence-corrected chi connectivity index (χ0v) is 10.4. The van der Waals surface area contributed by atoms with E-state index in [4.69, 9.17) is 5.73 Å². The van der Waals surface area contributed by atoms with E-state index in [1.165, 1.54) is 11.1 Å². The van der Waals surface area contributed by atoms with Gasteiger partial charge in [0.05, 0.1) is 0 Å². The summed E-state index contributed by atoms with van der Waals surface area (Å²) >= 11 is 0. The third-order valence-corrected chi connectivity index (χ3v) is 2.84. The summed E-state index contributed by atoms with van der Waals surface area (Å²) in [4.78, 5) is 4.39. The second-order valence-corrected chi connectivity index (χ2v) is 4.59. The van der Waals surface area contributed by atoms with Crippen molar-refractivity contribution in [3.63, 3.8) is 0 Å². The summed E-state index contributed by atoms with van der Waals surface area (Å²) in [5.41, 5.74) is 8.10. The quantitative estimate of drug-likeness (QED) is 0.875. The highest BCUT2D eigenvalue weighted by molar-refractivity contribution is 5.24. The molecule has 0 saturated carbocycles. The van der Waals surface area contributed by atoms with Crippen molar-refractivity contribution >= 4 is 0 Å². The van der Waals surface area contributed by atoms with Crippen LogP contribution in [0, 0.1) is 0 Å². The maximum Gasteiger partial charge on any atom is 0.111 e. The summed E-state index contributed by atoms with van der Waals surface area (Å²) in [6, 6.07) is 8.40. The molecule has 0 radical (unpaired) electrons. The van der Waals surface area contributed by atoms with Gasteiger partial charge in [-0.1, -0.05) is 38.1 Å². The Hall–Kier alpha value is -1.61. The van der Waals surface area contributed by atoms with Crippen molar-refractivity contribution in [2.24, 2.45) is 5.73 Å². The number of nitrogens with two attached hydrogens (primary N) is 1. The van der Waals surface area contributed by atoms with Gasteiger partial charge in [0.25, 0.3) is 0 Å². The van der Waals surface area contributed by atoms with Crippen LogP contribution in [0.2, 0.25) is 0 Å². The highest BCUT2D eigenvalue weighted by atomic mass is 15.1. The van der Waals surface area contributed by atoms with Gasteiger partial charge in [0.1, 0.15) is 5.82 Å². The summed E-state index contributed by atoms with van der Waals surface area (Å²) in [5.74, 6) is 1.57. The van der Waals surface area contributed by atoms with Gasteiger partial charge in [0.15, 0.2) is 0 Å². The van der Waals surface area contributed by atoms with Crippen LogP contribution >= 0.6 is 0 Å². The van der Waals surface area contributed by atoms with Gasteiger partial charge < -0.3 is 10.3 Å². The van der Waals surface area contributed by atoms with E-state index in [1.807, 2.05) is 12.4 Å². The minimum Gasteiger partial charge on any atom is -0.330 e. The molecule has 3 heteroatoms. The highest BCUT2D eigenvalue weighted by Gasteiger charge is 2.07. The Labute approximate surface area is 102 Å². The summed E-state index contributed by atoms with van der Waals surface area (Å²) in [6.45, 7) is 5.78. The fourth-order valence-electron chi connectivity index (χ4n) is 2.01. The van der Waals surface area contributed by atoms with Crippen molar-refractivity contribution in [2.45, 2.75) is 32.9 Å². The third kappa shape index (κ3) is 2.74. The first-order valence-corrected chi connectivity index (χ1v) is 5.99. The van der Waals surface area contributed by atoms with Gasteiger partial charge >= 0.3 is 0 Å². The molecule has 0 aliphatic carbocycles. The van der Waals surface area contributed by atoms with Crippen molar-refractivity contribution in [3.05, 3.63) is 53.6 Å². The van der Waals surface area contributed by atoms with Gasteiger partial charge in [-0.3, -0.25) is 0 Å². The lowest BCUT2D eigenvalue weighted by Crippen LogP contribution is -2.06. The highest BCUT2D eigenvalue weighted by Crippen LogP contribution is 2.14. The molecular formula is C14H19N3. The summed E-state index contributed by atoms with van der Waals surface area (Å²) < 4.78 is 2.19. The molecule has 2 N–H and O–H groups in total.